The van der Waals surface area contributed by atoms with Crippen LogP contribution in [-0.2, 0) is 9.47 Å². The average Bonchev–Trinajstić information content (AvgIpc) is 2.96. The van der Waals surface area contributed by atoms with Crippen LogP contribution in [0.2, 0.25) is 0 Å². The molecule has 18 heteroatoms. The van der Waals surface area contributed by atoms with Crippen LogP contribution in [0.25, 0.3) is 0 Å². The molecule has 0 bridgehead atoms. The van der Waals surface area contributed by atoms with Gasteiger partial charge in [-0.2, -0.15) is 4.90 Å². The number of hydrogen-bond donors (Lipinski definition) is 1. The standard InChI is InChI=1S/C25H22N6O12/c1-14(18-10-8-16(28(34)35)12-22(18)30(38)39)42-24(32)27(21-7-5-4-6-20(21)26-3)25(33)43-15(2)19-11-9-17(29(36)37)13-23(19)31(40)41/h4-15,26H,1-3H3. The Bertz CT molecular complexity index is 1530. The van der Waals surface area contributed by atoms with Gasteiger partial charge in [0.05, 0.1) is 54.3 Å². The quantitative estimate of drug-likeness (QED) is 0.209. The van der Waals surface area contributed by atoms with E-state index in [0.29, 0.717) is 17.0 Å². The third kappa shape index (κ3) is 6.93. The fourth-order valence-corrected chi connectivity index (χ4v) is 3.98. The lowest BCUT2D eigenvalue weighted by molar-refractivity contribution is -0.395. The zero-order chi connectivity index (χ0) is 32.0. The molecule has 0 saturated carbocycles. The molecule has 2 atom stereocenters. The third-order valence-electron chi connectivity index (χ3n) is 6.05. The summed E-state index contributed by atoms with van der Waals surface area (Å²) >= 11 is 0. The Balaban J connectivity index is 1.99. The van der Waals surface area contributed by atoms with Crippen LogP contribution in [0.15, 0.2) is 60.7 Å². The van der Waals surface area contributed by atoms with Gasteiger partial charge in [0.2, 0.25) is 0 Å². The summed E-state index contributed by atoms with van der Waals surface area (Å²) in [5.74, 6) is 0. The molecule has 0 aliphatic rings. The van der Waals surface area contributed by atoms with Crippen LogP contribution in [0.1, 0.15) is 37.2 Å². The molecule has 2 unspecified atom stereocenters. The number of anilines is 2. The molecule has 3 aromatic carbocycles. The number of ether oxygens (including phenoxy) is 2. The van der Waals surface area contributed by atoms with E-state index in [1.54, 1.807) is 6.07 Å². The summed E-state index contributed by atoms with van der Waals surface area (Å²) in [7, 11) is 1.49. The Morgan fingerprint density at radius 1 is 0.698 bits per heavy atom. The van der Waals surface area contributed by atoms with Gasteiger partial charge in [-0.25, -0.2) is 9.59 Å². The van der Waals surface area contributed by atoms with Crippen molar-refractivity contribution >= 4 is 46.3 Å². The van der Waals surface area contributed by atoms with Gasteiger partial charge in [0.25, 0.3) is 22.7 Å². The van der Waals surface area contributed by atoms with Crippen LogP contribution in [0.5, 0.6) is 0 Å². The van der Waals surface area contributed by atoms with E-state index in [1.807, 2.05) is 0 Å². The minimum Gasteiger partial charge on any atom is -0.441 e. The number of amides is 2. The second-order valence-corrected chi connectivity index (χ2v) is 8.67. The number of carbonyl (C=O) groups is 2. The highest BCUT2D eigenvalue weighted by molar-refractivity contribution is 6.11. The molecule has 0 radical (unpaired) electrons. The molecule has 3 aromatic rings. The Morgan fingerprint density at radius 2 is 1.12 bits per heavy atom. The summed E-state index contributed by atoms with van der Waals surface area (Å²) in [5, 5.41) is 48.1. The molecule has 0 aliphatic carbocycles. The normalized spacial score (nSPS) is 11.9. The van der Waals surface area contributed by atoms with Crippen LogP contribution >= 0.6 is 0 Å². The van der Waals surface area contributed by atoms with E-state index in [1.165, 1.54) is 39.1 Å². The summed E-state index contributed by atoms with van der Waals surface area (Å²) < 4.78 is 10.7. The predicted octanol–water partition coefficient (Wildman–Crippen LogP) is 5.96. The first-order valence-corrected chi connectivity index (χ1v) is 12.1. The number of rotatable bonds is 10. The molecule has 1 N–H and O–H groups in total. The fourth-order valence-electron chi connectivity index (χ4n) is 3.98. The lowest BCUT2D eigenvalue weighted by atomic mass is 10.1. The molecule has 224 valence electrons. The highest BCUT2D eigenvalue weighted by atomic mass is 16.6. The van der Waals surface area contributed by atoms with Crippen molar-refractivity contribution in [1.82, 2.24) is 0 Å². The maximum Gasteiger partial charge on any atom is 0.424 e. The van der Waals surface area contributed by atoms with Gasteiger partial charge < -0.3 is 14.8 Å². The summed E-state index contributed by atoms with van der Waals surface area (Å²) in [4.78, 5) is 69.1. The maximum absolute atomic E-state index is 13.4. The number of non-ortho nitro benzene ring substituents is 2. The van der Waals surface area contributed by atoms with E-state index in [-0.39, 0.29) is 22.5 Å². The highest BCUT2D eigenvalue weighted by Gasteiger charge is 2.34. The van der Waals surface area contributed by atoms with E-state index in [4.69, 9.17) is 9.47 Å². The van der Waals surface area contributed by atoms with Crippen molar-refractivity contribution in [3.63, 3.8) is 0 Å². The van der Waals surface area contributed by atoms with Gasteiger partial charge >= 0.3 is 12.2 Å². The molecule has 0 saturated heterocycles. The molecular weight excluding hydrogens is 576 g/mol. The third-order valence-corrected chi connectivity index (χ3v) is 6.05. The zero-order valence-corrected chi connectivity index (χ0v) is 22.6. The van der Waals surface area contributed by atoms with Crippen LogP contribution in [0, 0.1) is 40.5 Å². The number of nitro benzene ring substituents is 4. The van der Waals surface area contributed by atoms with Crippen molar-refractivity contribution in [2.24, 2.45) is 0 Å². The van der Waals surface area contributed by atoms with Crippen LogP contribution in [0.4, 0.5) is 43.7 Å². The van der Waals surface area contributed by atoms with E-state index >= 15 is 0 Å². The molecule has 0 aliphatic heterocycles. The number of hydrogen-bond acceptors (Lipinski definition) is 13. The monoisotopic (exact) mass is 598 g/mol. The molecule has 2 amide bonds. The topological polar surface area (TPSA) is 240 Å². The summed E-state index contributed by atoms with van der Waals surface area (Å²) in [6, 6.07) is 11.3. The molecule has 43 heavy (non-hydrogen) atoms. The van der Waals surface area contributed by atoms with Crippen LogP contribution in [-0.4, -0.2) is 38.9 Å². The van der Waals surface area contributed by atoms with Gasteiger partial charge in [-0.1, -0.05) is 12.1 Å². The van der Waals surface area contributed by atoms with E-state index in [0.717, 1.165) is 24.3 Å². The van der Waals surface area contributed by atoms with Gasteiger partial charge in [0.15, 0.2) is 0 Å². The molecule has 0 aromatic heterocycles. The number of para-hydroxylation sites is 2. The second kappa shape index (κ2) is 13.0. The van der Waals surface area contributed by atoms with Crippen molar-refractivity contribution in [2.45, 2.75) is 26.1 Å². The molecule has 3 rings (SSSR count). The summed E-state index contributed by atoms with van der Waals surface area (Å²) in [6.45, 7) is 2.48. The molecule has 0 fully saturated rings. The highest BCUT2D eigenvalue weighted by Crippen LogP contribution is 2.35. The minimum atomic E-state index is -1.40. The number of carbonyl (C=O) groups excluding carboxylic acids is 2. The molecular formula is C25H22N6O12. The number of nitro groups is 4. The largest absolute Gasteiger partial charge is 0.441 e. The van der Waals surface area contributed by atoms with Crippen molar-refractivity contribution < 1.29 is 38.8 Å². The first-order valence-electron chi connectivity index (χ1n) is 12.1. The zero-order valence-electron chi connectivity index (χ0n) is 22.6. The first kappa shape index (κ1) is 31.3. The maximum atomic E-state index is 13.4. The van der Waals surface area contributed by atoms with Gasteiger partial charge in [0, 0.05) is 19.2 Å². The van der Waals surface area contributed by atoms with Gasteiger partial charge in [-0.15, -0.1) is 0 Å². The molecule has 0 heterocycles. The minimum absolute atomic E-state index is 0.0872. The number of nitrogens with one attached hydrogen (secondary N) is 1. The lowest BCUT2D eigenvalue weighted by Gasteiger charge is -2.25. The fraction of sp³-hybridized carbons (Fsp3) is 0.200. The SMILES string of the molecule is CNc1ccccc1N(C(=O)OC(C)c1ccc([N+](=O)[O-])cc1[N+](=O)[O-])C(=O)OC(C)c1ccc([N+](=O)[O-])cc1[N+](=O)[O-]. The van der Waals surface area contributed by atoms with Crippen molar-refractivity contribution in [1.29, 1.82) is 0 Å². The van der Waals surface area contributed by atoms with Crippen molar-refractivity contribution in [2.75, 3.05) is 17.3 Å². The lowest BCUT2D eigenvalue weighted by Crippen LogP contribution is -2.39. The average molecular weight is 598 g/mol. The first-order chi connectivity index (χ1) is 20.3. The summed E-state index contributed by atoms with van der Waals surface area (Å²) in [6.07, 6.45) is -5.56. The Morgan fingerprint density at radius 3 is 1.49 bits per heavy atom. The Hall–Kier alpha value is -6.20. The molecule has 0 spiro atoms. The smallest absolute Gasteiger partial charge is 0.424 e. The van der Waals surface area contributed by atoms with Crippen LogP contribution in [0.3, 0.4) is 0 Å². The van der Waals surface area contributed by atoms with Crippen molar-refractivity contribution in [3.05, 3.63) is 112 Å². The number of benzene rings is 3. The van der Waals surface area contributed by atoms with E-state index in [9.17, 15) is 50.0 Å². The summed E-state index contributed by atoms with van der Waals surface area (Å²) in [5.41, 5.74) is -2.84. The van der Waals surface area contributed by atoms with Gasteiger partial charge in [0.1, 0.15) is 12.2 Å². The van der Waals surface area contributed by atoms with E-state index in [2.05, 4.69) is 5.32 Å². The van der Waals surface area contributed by atoms with Gasteiger partial charge in [-0.05, 0) is 38.1 Å². The van der Waals surface area contributed by atoms with Gasteiger partial charge in [-0.3, -0.25) is 40.5 Å². The Kier molecular flexibility index (Phi) is 9.46. The second-order valence-electron chi connectivity index (χ2n) is 8.67. The van der Waals surface area contributed by atoms with E-state index < -0.39 is 66.8 Å². The predicted molar refractivity (Wildman–Crippen MR) is 148 cm³/mol. The number of imide groups is 1. The number of nitrogens with zero attached hydrogens (tertiary/aromatic N) is 5. The molecule has 18 nitrogen and oxygen atoms in total. The van der Waals surface area contributed by atoms with Crippen LogP contribution < -0.4 is 10.2 Å². The van der Waals surface area contributed by atoms with Crippen molar-refractivity contribution in [3.8, 4) is 0 Å². The Labute approximate surface area is 241 Å².